The van der Waals surface area contributed by atoms with Gasteiger partial charge in [-0.2, -0.15) is 0 Å². The second-order valence-corrected chi connectivity index (χ2v) is 7.67. The quantitative estimate of drug-likeness (QED) is 0.647. The molecule has 0 N–H and O–H groups in total. The summed E-state index contributed by atoms with van der Waals surface area (Å²) in [7, 11) is 0. The maximum absolute atomic E-state index is 13.4. The average Bonchev–Trinajstić information content (AvgIpc) is 3.25. The van der Waals surface area contributed by atoms with Gasteiger partial charge in [0.05, 0.1) is 5.69 Å². The molecule has 0 radical (unpaired) electrons. The van der Waals surface area contributed by atoms with E-state index in [1.807, 2.05) is 18.3 Å². The van der Waals surface area contributed by atoms with Crippen LogP contribution in [0.1, 0.15) is 23.0 Å². The van der Waals surface area contributed by atoms with E-state index in [1.54, 1.807) is 16.2 Å². The Morgan fingerprint density at radius 1 is 1.10 bits per heavy atom. The Morgan fingerprint density at radius 2 is 1.90 bits per heavy atom. The zero-order valence-corrected chi connectivity index (χ0v) is 16.8. The monoisotopic (exact) mass is 414 g/mol. The summed E-state index contributed by atoms with van der Waals surface area (Å²) in [6.07, 6.45) is 2.74. The molecule has 2 aromatic heterocycles. The van der Waals surface area contributed by atoms with Gasteiger partial charge in [0.1, 0.15) is 10.8 Å². The van der Waals surface area contributed by atoms with E-state index in [0.29, 0.717) is 26.2 Å². The summed E-state index contributed by atoms with van der Waals surface area (Å²) in [5.74, 6) is -1.40. The predicted octanol–water partition coefficient (Wildman–Crippen LogP) is 4.01. The molecule has 1 aromatic carbocycles. The first-order valence-corrected chi connectivity index (χ1v) is 10.3. The number of carbonyl (C=O) groups is 1. The van der Waals surface area contributed by atoms with Gasteiger partial charge in [0.25, 0.3) is 5.91 Å². The zero-order valence-electron chi connectivity index (χ0n) is 15.9. The van der Waals surface area contributed by atoms with E-state index >= 15 is 0 Å². The van der Waals surface area contributed by atoms with Crippen molar-refractivity contribution in [3.63, 3.8) is 0 Å². The molecule has 1 saturated heterocycles. The predicted molar refractivity (Wildman–Crippen MR) is 109 cm³/mol. The minimum atomic E-state index is -1.01. The maximum Gasteiger partial charge on any atom is 0.254 e. The van der Waals surface area contributed by atoms with Crippen molar-refractivity contribution in [3.8, 4) is 10.6 Å². The fourth-order valence-corrected chi connectivity index (χ4v) is 4.15. The number of nitrogens with zero attached hydrogens (tertiary/aromatic N) is 4. The van der Waals surface area contributed by atoms with E-state index in [-0.39, 0.29) is 11.5 Å². The first-order chi connectivity index (χ1) is 14.0. The molecule has 1 aliphatic rings. The summed E-state index contributed by atoms with van der Waals surface area (Å²) < 4.78 is 26.5. The molecule has 0 spiro atoms. The lowest BCUT2D eigenvalue weighted by atomic mass is 10.1. The Bertz CT molecular complexity index is 1010. The van der Waals surface area contributed by atoms with Crippen LogP contribution in [-0.4, -0.2) is 47.0 Å². The standard InChI is InChI=1S/C21H20F2N4OS/c1-2-16-13-29-20(25-16)15-4-6-19(24-12-15)26-7-9-27(10-8-26)21(28)14-3-5-17(22)18(23)11-14/h3-6,11-13H,2,7-10H2,1H3. The number of thiazole rings is 1. The van der Waals surface area contributed by atoms with Crippen LogP contribution in [-0.2, 0) is 6.42 Å². The molecule has 29 heavy (non-hydrogen) atoms. The normalized spacial score (nSPS) is 14.3. The van der Waals surface area contributed by atoms with Crippen molar-refractivity contribution in [2.24, 2.45) is 0 Å². The second-order valence-electron chi connectivity index (χ2n) is 6.81. The third-order valence-corrected chi connectivity index (χ3v) is 5.91. The van der Waals surface area contributed by atoms with Gasteiger partial charge in [-0.05, 0) is 36.8 Å². The number of pyridine rings is 1. The molecule has 3 aromatic rings. The van der Waals surface area contributed by atoms with Crippen molar-refractivity contribution in [2.45, 2.75) is 13.3 Å². The molecule has 0 atom stereocenters. The zero-order chi connectivity index (χ0) is 20.4. The molecule has 5 nitrogen and oxygen atoms in total. The number of piperazine rings is 1. The highest BCUT2D eigenvalue weighted by Gasteiger charge is 2.23. The second kappa shape index (κ2) is 8.24. The highest BCUT2D eigenvalue weighted by molar-refractivity contribution is 7.13. The molecule has 1 amide bonds. The van der Waals surface area contributed by atoms with Crippen molar-refractivity contribution in [2.75, 3.05) is 31.1 Å². The number of aryl methyl sites for hydroxylation is 1. The summed E-state index contributed by atoms with van der Waals surface area (Å²) in [4.78, 5) is 25.4. The minimum absolute atomic E-state index is 0.162. The number of hydrogen-bond acceptors (Lipinski definition) is 5. The number of amides is 1. The molecule has 0 saturated carbocycles. The number of halogens is 2. The van der Waals surface area contributed by atoms with Gasteiger partial charge in [0.2, 0.25) is 0 Å². The van der Waals surface area contributed by atoms with Crippen molar-refractivity contribution < 1.29 is 13.6 Å². The number of carbonyl (C=O) groups excluding carboxylic acids is 1. The van der Waals surface area contributed by atoms with E-state index in [2.05, 4.69) is 27.2 Å². The Balaban J connectivity index is 1.39. The van der Waals surface area contributed by atoms with Crippen molar-refractivity contribution in [1.82, 2.24) is 14.9 Å². The van der Waals surface area contributed by atoms with E-state index < -0.39 is 11.6 Å². The molecule has 1 aliphatic heterocycles. The summed E-state index contributed by atoms with van der Waals surface area (Å²) in [5, 5.41) is 3.02. The molecule has 150 valence electrons. The van der Waals surface area contributed by atoms with Crippen LogP contribution < -0.4 is 4.90 Å². The van der Waals surface area contributed by atoms with E-state index in [4.69, 9.17) is 0 Å². The summed E-state index contributed by atoms with van der Waals surface area (Å²) >= 11 is 1.61. The average molecular weight is 414 g/mol. The molecular weight excluding hydrogens is 394 g/mol. The highest BCUT2D eigenvalue weighted by Crippen LogP contribution is 2.25. The van der Waals surface area contributed by atoms with Gasteiger partial charge in [0, 0.05) is 48.9 Å². The molecular formula is C21H20F2N4OS. The fourth-order valence-electron chi connectivity index (χ4n) is 3.25. The highest BCUT2D eigenvalue weighted by atomic mass is 32.1. The van der Waals surface area contributed by atoms with Crippen LogP contribution >= 0.6 is 11.3 Å². The van der Waals surface area contributed by atoms with Crippen LogP contribution in [0.3, 0.4) is 0 Å². The van der Waals surface area contributed by atoms with Gasteiger partial charge < -0.3 is 9.80 Å². The van der Waals surface area contributed by atoms with Crippen LogP contribution in [0.5, 0.6) is 0 Å². The van der Waals surface area contributed by atoms with Gasteiger partial charge >= 0.3 is 0 Å². The Morgan fingerprint density at radius 3 is 2.52 bits per heavy atom. The third kappa shape index (κ3) is 4.12. The molecule has 8 heteroatoms. The van der Waals surface area contributed by atoms with Gasteiger partial charge in [-0.1, -0.05) is 6.92 Å². The molecule has 1 fully saturated rings. The molecule has 4 rings (SSSR count). The van der Waals surface area contributed by atoms with Gasteiger partial charge in [-0.25, -0.2) is 18.7 Å². The first-order valence-electron chi connectivity index (χ1n) is 9.45. The summed E-state index contributed by atoms with van der Waals surface area (Å²) in [6.45, 7) is 4.32. The van der Waals surface area contributed by atoms with Crippen LogP contribution in [0.4, 0.5) is 14.6 Å². The van der Waals surface area contributed by atoms with Crippen LogP contribution in [0.25, 0.3) is 10.6 Å². The van der Waals surface area contributed by atoms with Crippen LogP contribution in [0, 0.1) is 11.6 Å². The number of rotatable bonds is 4. The SMILES string of the molecule is CCc1csc(-c2ccc(N3CCN(C(=O)c4ccc(F)c(F)c4)CC3)nc2)n1. The van der Waals surface area contributed by atoms with Crippen molar-refractivity contribution in [3.05, 3.63) is 64.8 Å². The first kappa shape index (κ1) is 19.4. The van der Waals surface area contributed by atoms with Crippen LogP contribution in [0.15, 0.2) is 41.9 Å². The topological polar surface area (TPSA) is 49.3 Å². The van der Waals surface area contributed by atoms with Crippen molar-refractivity contribution in [1.29, 1.82) is 0 Å². The molecule has 0 aliphatic carbocycles. The lowest BCUT2D eigenvalue weighted by Gasteiger charge is -2.35. The van der Waals surface area contributed by atoms with E-state index in [0.717, 1.165) is 40.6 Å². The number of aromatic nitrogens is 2. The summed E-state index contributed by atoms with van der Waals surface area (Å²) in [6, 6.07) is 7.23. The fraction of sp³-hybridized carbons (Fsp3) is 0.286. The number of anilines is 1. The number of benzene rings is 1. The minimum Gasteiger partial charge on any atom is -0.353 e. The van der Waals surface area contributed by atoms with Gasteiger partial charge in [-0.3, -0.25) is 4.79 Å². The Labute approximate surface area is 171 Å². The van der Waals surface area contributed by atoms with Crippen molar-refractivity contribution >= 4 is 23.1 Å². The van der Waals surface area contributed by atoms with Gasteiger partial charge in [-0.15, -0.1) is 11.3 Å². The Kier molecular flexibility index (Phi) is 5.53. The molecule has 0 bridgehead atoms. The molecule has 0 unspecified atom stereocenters. The van der Waals surface area contributed by atoms with Gasteiger partial charge in [0.15, 0.2) is 11.6 Å². The maximum atomic E-state index is 13.4. The van der Waals surface area contributed by atoms with E-state index in [1.165, 1.54) is 6.07 Å². The summed E-state index contributed by atoms with van der Waals surface area (Å²) in [5.41, 5.74) is 2.23. The van der Waals surface area contributed by atoms with Crippen LogP contribution in [0.2, 0.25) is 0 Å². The third-order valence-electron chi connectivity index (χ3n) is 4.97. The largest absolute Gasteiger partial charge is 0.353 e. The lowest BCUT2D eigenvalue weighted by Crippen LogP contribution is -2.49. The lowest BCUT2D eigenvalue weighted by molar-refractivity contribution is 0.0746. The Hall–Kier alpha value is -2.87. The molecule has 3 heterocycles. The number of hydrogen-bond donors (Lipinski definition) is 0. The smallest absolute Gasteiger partial charge is 0.254 e. The van der Waals surface area contributed by atoms with E-state index in [9.17, 15) is 13.6 Å².